The summed E-state index contributed by atoms with van der Waals surface area (Å²) in [6.45, 7) is 0. The number of rotatable bonds is 2. The van der Waals surface area contributed by atoms with E-state index < -0.39 is 0 Å². The van der Waals surface area contributed by atoms with Crippen LogP contribution in [0.1, 0.15) is 0 Å². The summed E-state index contributed by atoms with van der Waals surface area (Å²) in [7, 11) is 0. The predicted molar refractivity (Wildman–Crippen MR) is 103 cm³/mol. The van der Waals surface area contributed by atoms with Crippen LogP contribution in [0.3, 0.4) is 0 Å². The number of hydrogen-bond acceptors (Lipinski definition) is 4. The molecule has 0 atom stereocenters. The first-order chi connectivity index (χ1) is 12.3. The van der Waals surface area contributed by atoms with E-state index in [9.17, 15) is 0 Å². The quantitative estimate of drug-likeness (QED) is 0.330. The van der Waals surface area contributed by atoms with Gasteiger partial charge in [-0.15, -0.1) is 0 Å². The van der Waals surface area contributed by atoms with Gasteiger partial charge in [-0.1, -0.05) is 34.1 Å². The Morgan fingerprint density at radius 3 is 1.42 bits per heavy atom. The Kier molecular flexibility index (Phi) is 8.26. The first kappa shape index (κ1) is 20.1. The average molecular weight is 586 g/mol. The Balaban J connectivity index is 0.000000258. The molecule has 4 heterocycles. The van der Waals surface area contributed by atoms with Gasteiger partial charge in [0, 0.05) is 29.3 Å². The van der Waals surface area contributed by atoms with Gasteiger partial charge in [-0.3, -0.25) is 15.0 Å². The van der Waals surface area contributed by atoms with Crippen molar-refractivity contribution in [3.05, 3.63) is 96.0 Å². The predicted octanol–water partition coefficient (Wildman–Crippen LogP) is 5.05. The van der Waals surface area contributed by atoms with Crippen molar-refractivity contribution in [2.75, 3.05) is 0 Å². The second-order valence-corrected chi connectivity index (χ2v) is 5.92. The molecule has 0 amide bonds. The van der Waals surface area contributed by atoms with Crippen LogP contribution in [0.25, 0.3) is 22.8 Å². The van der Waals surface area contributed by atoms with E-state index in [4.69, 9.17) is 0 Å². The molecule has 0 spiro atoms. The summed E-state index contributed by atoms with van der Waals surface area (Å²) in [4.78, 5) is 17.0. The minimum Gasteiger partial charge on any atom is -0.265 e. The van der Waals surface area contributed by atoms with Crippen molar-refractivity contribution < 1.29 is 21.1 Å². The molecule has 0 aliphatic heterocycles. The Morgan fingerprint density at radius 2 is 1.04 bits per heavy atom. The van der Waals surface area contributed by atoms with Crippen LogP contribution in [0.5, 0.6) is 0 Å². The number of hydrogen-bond donors (Lipinski definition) is 0. The van der Waals surface area contributed by atoms with Gasteiger partial charge in [-0.05, 0) is 48.5 Å². The molecule has 0 radical (unpaired) electrons. The van der Waals surface area contributed by atoms with Crippen molar-refractivity contribution in [2.45, 2.75) is 0 Å². The van der Waals surface area contributed by atoms with E-state index in [1.54, 1.807) is 24.8 Å². The molecule has 0 N–H and O–H groups in total. The van der Waals surface area contributed by atoms with Gasteiger partial charge < -0.3 is 0 Å². The molecule has 0 saturated carbocycles. The van der Waals surface area contributed by atoms with Crippen LogP contribution in [0.15, 0.2) is 96.0 Å². The molecule has 0 aliphatic rings. The molecule has 0 bridgehead atoms. The third-order valence-electron chi connectivity index (χ3n) is 3.24. The summed E-state index contributed by atoms with van der Waals surface area (Å²) in [6.07, 6.45) is 7.02. The van der Waals surface area contributed by atoms with Gasteiger partial charge in [0.25, 0.3) is 0 Å². The van der Waals surface area contributed by atoms with Crippen molar-refractivity contribution in [1.29, 1.82) is 0 Å². The van der Waals surface area contributed by atoms with Crippen LogP contribution >= 0.6 is 15.9 Å². The summed E-state index contributed by atoms with van der Waals surface area (Å²) in [5.41, 5.74) is 3.46. The Labute approximate surface area is 175 Å². The third kappa shape index (κ3) is 5.94. The molecule has 4 aromatic rings. The van der Waals surface area contributed by atoms with E-state index in [2.05, 4.69) is 35.9 Å². The second kappa shape index (κ2) is 10.7. The third-order valence-corrected chi connectivity index (χ3v) is 3.77. The smallest absolute Gasteiger partial charge is 0.265 e. The molecule has 0 aliphatic carbocycles. The van der Waals surface area contributed by atoms with Crippen LogP contribution in [0.4, 0.5) is 0 Å². The molecular formula is C20H15BrN4Pt+2. The summed E-state index contributed by atoms with van der Waals surface area (Å²) in [5.74, 6) is 0. The van der Waals surface area contributed by atoms with E-state index in [1.165, 1.54) is 0 Å². The fourth-order valence-corrected chi connectivity index (χ4v) is 2.32. The zero-order valence-corrected chi connectivity index (χ0v) is 17.5. The van der Waals surface area contributed by atoms with Crippen molar-refractivity contribution in [3.8, 4) is 22.8 Å². The van der Waals surface area contributed by atoms with Gasteiger partial charge in [0.15, 0.2) is 0 Å². The van der Waals surface area contributed by atoms with Crippen molar-refractivity contribution in [2.24, 2.45) is 0 Å². The minimum absolute atomic E-state index is 0. The Morgan fingerprint density at radius 1 is 0.538 bits per heavy atom. The first-order valence-electron chi connectivity index (χ1n) is 7.68. The van der Waals surface area contributed by atoms with Crippen LogP contribution in [-0.4, -0.2) is 19.9 Å². The number of aromatic nitrogens is 4. The molecule has 0 saturated heterocycles. The van der Waals surface area contributed by atoms with Crippen LogP contribution in [0, 0.1) is 0 Å². The molecule has 0 aromatic carbocycles. The maximum Gasteiger partial charge on any atom is 2.00 e. The van der Waals surface area contributed by atoms with Gasteiger partial charge in [0.2, 0.25) is 0 Å². The Bertz CT molecular complexity index is 852. The maximum atomic E-state index is 4.59. The first-order valence-corrected chi connectivity index (χ1v) is 8.47. The summed E-state index contributed by atoms with van der Waals surface area (Å²) in [6, 6.07) is 21.3. The SMILES string of the molecule is Brc1ccncc1.[Pt+2].c1ccc(-c2cccc(-c3ccccn3)n2)nc1. The molecular weight excluding hydrogens is 571 g/mol. The molecule has 0 unspecified atom stereocenters. The largest absolute Gasteiger partial charge is 2.00 e. The zero-order valence-electron chi connectivity index (χ0n) is 13.6. The normalized spacial score (nSPS) is 9.42. The van der Waals surface area contributed by atoms with Crippen LogP contribution in [-0.2, 0) is 21.1 Å². The van der Waals surface area contributed by atoms with Gasteiger partial charge >= 0.3 is 21.1 Å². The summed E-state index contributed by atoms with van der Waals surface area (Å²) in [5, 5.41) is 0. The molecule has 4 aromatic heterocycles. The van der Waals surface area contributed by atoms with Gasteiger partial charge in [0.05, 0.1) is 22.8 Å². The minimum atomic E-state index is 0. The van der Waals surface area contributed by atoms with E-state index in [0.29, 0.717) is 0 Å². The number of pyridine rings is 4. The molecule has 4 rings (SSSR count). The van der Waals surface area contributed by atoms with E-state index in [1.807, 2.05) is 66.7 Å². The van der Waals surface area contributed by atoms with Gasteiger partial charge in [-0.2, -0.15) is 0 Å². The van der Waals surface area contributed by atoms with Crippen molar-refractivity contribution in [1.82, 2.24) is 19.9 Å². The molecule has 0 fully saturated rings. The van der Waals surface area contributed by atoms with Crippen molar-refractivity contribution >= 4 is 15.9 Å². The van der Waals surface area contributed by atoms with Gasteiger partial charge in [-0.25, -0.2) is 4.98 Å². The zero-order chi connectivity index (χ0) is 17.3. The van der Waals surface area contributed by atoms with Crippen LogP contribution in [0.2, 0.25) is 0 Å². The molecule has 6 heteroatoms. The molecule has 4 nitrogen and oxygen atoms in total. The Hall–Kier alpha value is -2.23. The van der Waals surface area contributed by atoms with E-state index in [0.717, 1.165) is 27.2 Å². The monoisotopic (exact) mass is 585 g/mol. The van der Waals surface area contributed by atoms with Crippen molar-refractivity contribution in [3.63, 3.8) is 0 Å². The standard InChI is InChI=1S/C15H11N3.C5H4BrN.Pt/c1-3-10-16-12(6-1)14-8-5-9-15(18-14)13-7-2-4-11-17-13;6-5-1-3-7-4-2-5;/h1-11H;1-4H;/q;;+2. The summed E-state index contributed by atoms with van der Waals surface area (Å²) >= 11 is 3.27. The maximum absolute atomic E-state index is 4.59. The summed E-state index contributed by atoms with van der Waals surface area (Å²) < 4.78 is 1.07. The number of nitrogens with zero attached hydrogens (tertiary/aromatic N) is 4. The average Bonchev–Trinajstić information content (AvgIpc) is 2.71. The fraction of sp³-hybridized carbons (Fsp3) is 0. The fourth-order valence-electron chi connectivity index (χ4n) is 2.08. The topological polar surface area (TPSA) is 51.6 Å². The molecule has 130 valence electrons. The molecule has 26 heavy (non-hydrogen) atoms. The second-order valence-electron chi connectivity index (χ2n) is 5.00. The van der Waals surface area contributed by atoms with Crippen LogP contribution < -0.4 is 0 Å². The van der Waals surface area contributed by atoms with Gasteiger partial charge in [0.1, 0.15) is 0 Å². The van der Waals surface area contributed by atoms with E-state index in [-0.39, 0.29) is 21.1 Å². The number of halogens is 1. The van der Waals surface area contributed by atoms with E-state index >= 15 is 0 Å².